The summed E-state index contributed by atoms with van der Waals surface area (Å²) in [7, 11) is 0. The standard InChI is InChI=1S/C16H28ClNO/c1-12(2)11-16(9-3-4-10-16)15(19)18-14-7-5-13(17)6-8-14/h12-14H,3-11H2,1-2H3,(H,18,19). The summed E-state index contributed by atoms with van der Waals surface area (Å²) in [6, 6.07) is 0.368. The topological polar surface area (TPSA) is 29.1 Å². The molecule has 0 spiro atoms. The number of halogens is 1. The molecule has 3 heteroatoms. The molecule has 0 saturated heterocycles. The zero-order valence-electron chi connectivity index (χ0n) is 12.4. The molecule has 0 radical (unpaired) electrons. The van der Waals surface area contributed by atoms with Crippen LogP contribution in [0.15, 0.2) is 0 Å². The summed E-state index contributed by atoms with van der Waals surface area (Å²) in [4.78, 5) is 12.7. The Morgan fingerprint density at radius 2 is 1.79 bits per heavy atom. The third-order valence-electron chi connectivity index (χ3n) is 4.83. The quantitative estimate of drug-likeness (QED) is 0.768. The summed E-state index contributed by atoms with van der Waals surface area (Å²) in [5, 5.41) is 3.65. The zero-order valence-corrected chi connectivity index (χ0v) is 13.1. The van der Waals surface area contributed by atoms with E-state index in [1.807, 2.05) is 0 Å². The van der Waals surface area contributed by atoms with Crippen LogP contribution in [0.1, 0.15) is 71.6 Å². The van der Waals surface area contributed by atoms with Crippen molar-refractivity contribution in [3.63, 3.8) is 0 Å². The number of rotatable bonds is 4. The summed E-state index contributed by atoms with van der Waals surface area (Å²) in [5.41, 5.74) is -0.0635. The Labute approximate surface area is 122 Å². The van der Waals surface area contributed by atoms with Crippen LogP contribution in [0.5, 0.6) is 0 Å². The molecule has 0 unspecified atom stereocenters. The molecule has 2 fully saturated rings. The van der Waals surface area contributed by atoms with E-state index in [9.17, 15) is 4.79 Å². The first kappa shape index (κ1) is 15.2. The van der Waals surface area contributed by atoms with Crippen molar-refractivity contribution in [2.24, 2.45) is 11.3 Å². The zero-order chi connectivity index (χ0) is 13.9. The van der Waals surface area contributed by atoms with Crippen LogP contribution in [-0.4, -0.2) is 17.3 Å². The summed E-state index contributed by atoms with van der Waals surface area (Å²) in [6.07, 6.45) is 9.85. The first-order valence-electron chi connectivity index (χ1n) is 7.97. The average molecular weight is 286 g/mol. The van der Waals surface area contributed by atoms with E-state index in [1.54, 1.807) is 0 Å². The lowest BCUT2D eigenvalue weighted by Crippen LogP contribution is -2.46. The van der Waals surface area contributed by atoms with Crippen LogP contribution in [0, 0.1) is 11.3 Å². The normalized spacial score (nSPS) is 30.5. The number of alkyl halides is 1. The average Bonchev–Trinajstić information content (AvgIpc) is 2.81. The van der Waals surface area contributed by atoms with Gasteiger partial charge in [0.15, 0.2) is 0 Å². The van der Waals surface area contributed by atoms with Crippen LogP contribution in [0.4, 0.5) is 0 Å². The first-order chi connectivity index (χ1) is 9.02. The SMILES string of the molecule is CC(C)CC1(C(=O)NC2CCC(Cl)CC2)CCCC1. The third-order valence-corrected chi connectivity index (χ3v) is 5.27. The minimum absolute atomic E-state index is 0.0635. The van der Waals surface area contributed by atoms with Crippen molar-refractivity contribution in [1.29, 1.82) is 0 Å². The van der Waals surface area contributed by atoms with E-state index < -0.39 is 0 Å². The fourth-order valence-electron chi connectivity index (χ4n) is 3.89. The summed E-state index contributed by atoms with van der Waals surface area (Å²) < 4.78 is 0. The van der Waals surface area contributed by atoms with E-state index in [0.29, 0.717) is 23.2 Å². The van der Waals surface area contributed by atoms with Gasteiger partial charge in [-0.05, 0) is 50.9 Å². The number of amides is 1. The van der Waals surface area contributed by atoms with Crippen LogP contribution in [0.25, 0.3) is 0 Å². The van der Waals surface area contributed by atoms with Crippen molar-refractivity contribution in [3.8, 4) is 0 Å². The molecule has 19 heavy (non-hydrogen) atoms. The van der Waals surface area contributed by atoms with Gasteiger partial charge in [-0.15, -0.1) is 11.6 Å². The minimum Gasteiger partial charge on any atom is -0.353 e. The highest BCUT2D eigenvalue weighted by Crippen LogP contribution is 2.43. The molecule has 0 heterocycles. The lowest BCUT2D eigenvalue weighted by Gasteiger charge is -2.33. The van der Waals surface area contributed by atoms with Crippen molar-refractivity contribution < 1.29 is 4.79 Å². The van der Waals surface area contributed by atoms with Crippen LogP contribution in [-0.2, 0) is 4.79 Å². The molecule has 1 amide bonds. The first-order valence-corrected chi connectivity index (χ1v) is 8.40. The van der Waals surface area contributed by atoms with E-state index in [2.05, 4.69) is 19.2 Å². The van der Waals surface area contributed by atoms with Gasteiger partial charge in [0.2, 0.25) is 5.91 Å². The highest BCUT2D eigenvalue weighted by molar-refractivity contribution is 6.20. The van der Waals surface area contributed by atoms with Crippen molar-refractivity contribution in [2.75, 3.05) is 0 Å². The Morgan fingerprint density at radius 3 is 2.32 bits per heavy atom. The fourth-order valence-corrected chi connectivity index (χ4v) is 4.14. The second-order valence-corrected chi connectivity index (χ2v) is 7.62. The number of carbonyl (C=O) groups is 1. The molecular formula is C16H28ClNO. The van der Waals surface area contributed by atoms with E-state index in [-0.39, 0.29) is 5.41 Å². The molecule has 0 aliphatic heterocycles. The van der Waals surface area contributed by atoms with E-state index in [0.717, 1.165) is 44.9 Å². The van der Waals surface area contributed by atoms with Crippen LogP contribution < -0.4 is 5.32 Å². The molecular weight excluding hydrogens is 258 g/mol. The number of hydrogen-bond acceptors (Lipinski definition) is 1. The molecule has 0 aromatic heterocycles. The molecule has 0 bridgehead atoms. The molecule has 0 aromatic rings. The molecule has 2 aliphatic carbocycles. The van der Waals surface area contributed by atoms with Gasteiger partial charge >= 0.3 is 0 Å². The molecule has 1 N–H and O–H groups in total. The monoisotopic (exact) mass is 285 g/mol. The summed E-state index contributed by atoms with van der Waals surface area (Å²) in [5.74, 6) is 0.930. The maximum absolute atomic E-state index is 12.7. The Morgan fingerprint density at radius 1 is 1.21 bits per heavy atom. The van der Waals surface area contributed by atoms with Gasteiger partial charge in [-0.25, -0.2) is 0 Å². The summed E-state index contributed by atoms with van der Waals surface area (Å²) in [6.45, 7) is 4.46. The second-order valence-electron chi connectivity index (χ2n) is 7.01. The fraction of sp³-hybridized carbons (Fsp3) is 0.938. The molecule has 0 aromatic carbocycles. The molecule has 110 valence electrons. The predicted octanol–water partition coefficient (Wildman–Crippen LogP) is 4.26. The van der Waals surface area contributed by atoms with Crippen LogP contribution >= 0.6 is 11.6 Å². The van der Waals surface area contributed by atoms with Crippen molar-refractivity contribution in [1.82, 2.24) is 5.32 Å². The van der Waals surface area contributed by atoms with Gasteiger partial charge in [0.05, 0.1) is 0 Å². The molecule has 2 nitrogen and oxygen atoms in total. The number of carbonyl (C=O) groups excluding carboxylic acids is 1. The summed E-state index contributed by atoms with van der Waals surface area (Å²) >= 11 is 6.13. The Hall–Kier alpha value is -0.240. The largest absolute Gasteiger partial charge is 0.353 e. The van der Waals surface area contributed by atoms with Gasteiger partial charge < -0.3 is 5.32 Å². The second kappa shape index (κ2) is 6.47. The Bertz CT molecular complexity index is 302. The molecule has 2 saturated carbocycles. The van der Waals surface area contributed by atoms with Crippen molar-refractivity contribution in [3.05, 3.63) is 0 Å². The smallest absolute Gasteiger partial charge is 0.226 e. The lowest BCUT2D eigenvalue weighted by molar-refractivity contribution is -0.132. The minimum atomic E-state index is -0.0635. The molecule has 2 aliphatic rings. The highest BCUT2D eigenvalue weighted by atomic mass is 35.5. The maximum atomic E-state index is 12.7. The predicted molar refractivity (Wildman–Crippen MR) is 80.4 cm³/mol. The number of hydrogen-bond donors (Lipinski definition) is 1. The van der Waals surface area contributed by atoms with Crippen molar-refractivity contribution in [2.45, 2.75) is 83.1 Å². The van der Waals surface area contributed by atoms with Crippen LogP contribution in [0.2, 0.25) is 0 Å². The van der Waals surface area contributed by atoms with E-state index >= 15 is 0 Å². The van der Waals surface area contributed by atoms with Crippen LogP contribution in [0.3, 0.4) is 0 Å². The van der Waals surface area contributed by atoms with Crippen molar-refractivity contribution >= 4 is 17.5 Å². The number of nitrogens with one attached hydrogen (secondary N) is 1. The highest BCUT2D eigenvalue weighted by Gasteiger charge is 2.42. The van der Waals surface area contributed by atoms with E-state index in [1.165, 1.54) is 12.8 Å². The third kappa shape index (κ3) is 3.87. The molecule has 0 atom stereocenters. The maximum Gasteiger partial charge on any atom is 0.226 e. The van der Waals surface area contributed by atoms with Gasteiger partial charge in [0, 0.05) is 16.8 Å². The van der Waals surface area contributed by atoms with Gasteiger partial charge in [-0.2, -0.15) is 0 Å². The Balaban J connectivity index is 1.92. The van der Waals surface area contributed by atoms with Gasteiger partial charge in [0.1, 0.15) is 0 Å². The van der Waals surface area contributed by atoms with Gasteiger partial charge in [0.25, 0.3) is 0 Å². The Kier molecular flexibility index (Phi) is 5.16. The van der Waals surface area contributed by atoms with Gasteiger partial charge in [-0.3, -0.25) is 4.79 Å². The lowest BCUT2D eigenvalue weighted by atomic mass is 9.77. The van der Waals surface area contributed by atoms with E-state index in [4.69, 9.17) is 11.6 Å². The van der Waals surface area contributed by atoms with Gasteiger partial charge in [-0.1, -0.05) is 26.7 Å². The molecule has 2 rings (SSSR count).